The lowest BCUT2D eigenvalue weighted by atomic mass is 9.96. The first-order chi connectivity index (χ1) is 15.7. The van der Waals surface area contributed by atoms with Crippen LogP contribution >= 0.6 is 34.5 Å². The number of aromatic nitrogens is 1. The van der Waals surface area contributed by atoms with Crippen molar-refractivity contribution >= 4 is 46.6 Å². The maximum absolute atomic E-state index is 13.6. The van der Waals surface area contributed by atoms with E-state index in [0.717, 1.165) is 11.3 Å². The zero-order chi connectivity index (χ0) is 23.9. The number of hydrogen-bond donors (Lipinski definition) is 1. The number of ether oxygens (including phenoxy) is 1. The van der Waals surface area contributed by atoms with Gasteiger partial charge in [0, 0.05) is 10.6 Å². The highest BCUT2D eigenvalue weighted by molar-refractivity contribution is 7.07. The highest BCUT2D eigenvalue weighted by atomic mass is 35.5. The maximum Gasteiger partial charge on any atom is 0.338 e. The lowest BCUT2D eigenvalue weighted by molar-refractivity contribution is -0.139. The van der Waals surface area contributed by atoms with E-state index in [9.17, 15) is 19.1 Å². The van der Waals surface area contributed by atoms with Crippen LogP contribution in [0.5, 0.6) is 5.75 Å². The molecule has 2 aromatic carbocycles. The second-order valence-electron chi connectivity index (χ2n) is 7.18. The fourth-order valence-corrected chi connectivity index (χ4v) is 5.14. The Balaban J connectivity index is 1.98. The minimum absolute atomic E-state index is 0.0474. The SMILES string of the molecule is CCOC(=O)C1=C(C)N=c2s/c(=C\c3cc(Cl)cc(Cl)c3O)c(=O)n2[C@@H]1c1ccc(F)cc1. The van der Waals surface area contributed by atoms with Gasteiger partial charge in [-0.2, -0.15) is 0 Å². The highest BCUT2D eigenvalue weighted by Crippen LogP contribution is 2.32. The molecule has 1 atom stereocenters. The van der Waals surface area contributed by atoms with Crippen LogP contribution in [0.1, 0.15) is 31.0 Å². The standard InChI is InChI=1S/C23H17Cl2FN2O4S/c1-3-32-22(31)18-11(2)27-23-28(19(18)12-4-6-15(26)7-5-12)21(30)17(33-23)9-13-8-14(24)10-16(25)20(13)29/h4-10,19,29H,3H2,1-2H3/b17-9-/t19-/m1/s1. The average molecular weight is 507 g/mol. The molecule has 1 N–H and O–H groups in total. The van der Waals surface area contributed by atoms with Gasteiger partial charge in [-0.3, -0.25) is 9.36 Å². The smallest absolute Gasteiger partial charge is 0.338 e. The van der Waals surface area contributed by atoms with Crippen LogP contribution < -0.4 is 14.9 Å². The largest absolute Gasteiger partial charge is 0.506 e. The van der Waals surface area contributed by atoms with Crippen molar-refractivity contribution in [1.82, 2.24) is 4.57 Å². The molecule has 0 aliphatic carbocycles. The summed E-state index contributed by atoms with van der Waals surface area (Å²) in [4.78, 5) is 31.1. The van der Waals surface area contributed by atoms with E-state index in [4.69, 9.17) is 27.9 Å². The Bertz CT molecular complexity index is 1480. The van der Waals surface area contributed by atoms with Crippen LogP contribution in [0.25, 0.3) is 6.08 Å². The molecule has 170 valence electrons. The molecule has 6 nitrogen and oxygen atoms in total. The number of phenols is 1. The highest BCUT2D eigenvalue weighted by Gasteiger charge is 2.33. The maximum atomic E-state index is 13.6. The fraction of sp³-hybridized carbons (Fsp3) is 0.174. The van der Waals surface area contributed by atoms with Crippen LogP contribution in [-0.4, -0.2) is 22.2 Å². The number of rotatable bonds is 4. The lowest BCUT2D eigenvalue weighted by Gasteiger charge is -2.24. The summed E-state index contributed by atoms with van der Waals surface area (Å²) in [6.45, 7) is 3.48. The second-order valence-corrected chi connectivity index (χ2v) is 9.03. The van der Waals surface area contributed by atoms with Crippen molar-refractivity contribution in [2.24, 2.45) is 4.99 Å². The van der Waals surface area contributed by atoms with Crippen molar-refractivity contribution in [2.75, 3.05) is 6.61 Å². The molecule has 1 aromatic heterocycles. The van der Waals surface area contributed by atoms with Gasteiger partial charge in [-0.05, 0) is 49.8 Å². The minimum Gasteiger partial charge on any atom is -0.506 e. The zero-order valence-corrected chi connectivity index (χ0v) is 19.8. The number of hydrogen-bond acceptors (Lipinski definition) is 6. The summed E-state index contributed by atoms with van der Waals surface area (Å²) in [5, 5.41) is 10.6. The molecule has 1 aliphatic rings. The van der Waals surface area contributed by atoms with E-state index in [-0.39, 0.29) is 33.0 Å². The molecule has 0 saturated carbocycles. The third-order valence-electron chi connectivity index (χ3n) is 5.05. The fourth-order valence-electron chi connectivity index (χ4n) is 3.59. The summed E-state index contributed by atoms with van der Waals surface area (Å²) >= 11 is 13.1. The van der Waals surface area contributed by atoms with Crippen LogP contribution in [0.4, 0.5) is 4.39 Å². The number of halogens is 3. The van der Waals surface area contributed by atoms with Crippen molar-refractivity contribution in [3.05, 3.63) is 94.3 Å². The van der Waals surface area contributed by atoms with Crippen molar-refractivity contribution in [3.8, 4) is 5.75 Å². The molecule has 0 unspecified atom stereocenters. The lowest BCUT2D eigenvalue weighted by Crippen LogP contribution is -2.39. The number of carbonyl (C=O) groups excluding carboxylic acids is 1. The Labute approximate surface area is 201 Å². The van der Waals surface area contributed by atoms with Crippen LogP contribution in [-0.2, 0) is 9.53 Å². The molecular formula is C23H17Cl2FN2O4S. The van der Waals surface area contributed by atoms with E-state index in [1.807, 2.05) is 0 Å². The molecule has 33 heavy (non-hydrogen) atoms. The van der Waals surface area contributed by atoms with E-state index in [1.54, 1.807) is 13.8 Å². The van der Waals surface area contributed by atoms with E-state index in [2.05, 4.69) is 4.99 Å². The van der Waals surface area contributed by atoms with Gasteiger partial charge in [0.2, 0.25) is 0 Å². The summed E-state index contributed by atoms with van der Waals surface area (Å²) in [7, 11) is 0. The first-order valence-electron chi connectivity index (χ1n) is 9.84. The Morgan fingerprint density at radius 2 is 2.00 bits per heavy atom. The van der Waals surface area contributed by atoms with Gasteiger partial charge >= 0.3 is 5.97 Å². The summed E-state index contributed by atoms with van der Waals surface area (Å²) in [5.74, 6) is -1.27. The van der Waals surface area contributed by atoms with Gasteiger partial charge in [-0.25, -0.2) is 14.2 Å². The van der Waals surface area contributed by atoms with Crippen molar-refractivity contribution in [1.29, 1.82) is 0 Å². The molecular weight excluding hydrogens is 490 g/mol. The van der Waals surface area contributed by atoms with E-state index >= 15 is 0 Å². The Hall–Kier alpha value is -2.94. The van der Waals surface area contributed by atoms with Crippen molar-refractivity contribution < 1.29 is 19.0 Å². The van der Waals surface area contributed by atoms with Crippen molar-refractivity contribution in [2.45, 2.75) is 19.9 Å². The average Bonchev–Trinajstić information content (AvgIpc) is 3.06. The zero-order valence-electron chi connectivity index (χ0n) is 17.4. The van der Waals surface area contributed by atoms with Gasteiger partial charge in [0.05, 0.1) is 33.5 Å². The molecule has 0 bridgehead atoms. The Morgan fingerprint density at radius 1 is 1.30 bits per heavy atom. The van der Waals surface area contributed by atoms with Gasteiger partial charge in [0.15, 0.2) is 4.80 Å². The van der Waals surface area contributed by atoms with Gasteiger partial charge in [0.25, 0.3) is 5.56 Å². The quantitative estimate of drug-likeness (QED) is 0.543. The van der Waals surface area contributed by atoms with Crippen LogP contribution in [0.15, 0.2) is 57.5 Å². The van der Waals surface area contributed by atoms with E-state index in [0.29, 0.717) is 21.1 Å². The van der Waals surface area contributed by atoms with Crippen molar-refractivity contribution in [3.63, 3.8) is 0 Å². The van der Waals surface area contributed by atoms with E-state index in [1.165, 1.54) is 47.0 Å². The predicted molar refractivity (Wildman–Crippen MR) is 125 cm³/mol. The molecule has 3 aromatic rings. The van der Waals surface area contributed by atoms with Gasteiger partial charge in [-0.1, -0.05) is 46.7 Å². The molecule has 0 fully saturated rings. The van der Waals surface area contributed by atoms with Gasteiger partial charge in [-0.15, -0.1) is 0 Å². The van der Waals surface area contributed by atoms with Crippen LogP contribution in [0, 0.1) is 5.82 Å². The number of carbonyl (C=O) groups is 1. The monoisotopic (exact) mass is 506 g/mol. The molecule has 0 saturated heterocycles. The third-order valence-corrected chi connectivity index (χ3v) is 6.54. The minimum atomic E-state index is -0.861. The molecule has 0 radical (unpaired) electrons. The summed E-state index contributed by atoms with van der Waals surface area (Å²) in [6, 6.07) is 7.55. The molecule has 10 heteroatoms. The molecule has 4 rings (SSSR count). The number of allylic oxidation sites excluding steroid dienone is 1. The first-order valence-corrected chi connectivity index (χ1v) is 11.4. The number of phenolic OH excluding ortho intramolecular Hbond substituents is 1. The van der Waals surface area contributed by atoms with Crippen LogP contribution in [0.3, 0.4) is 0 Å². The Morgan fingerprint density at radius 3 is 2.67 bits per heavy atom. The van der Waals surface area contributed by atoms with Gasteiger partial charge in [0.1, 0.15) is 11.6 Å². The third kappa shape index (κ3) is 4.34. The number of aromatic hydroxyl groups is 1. The Kier molecular flexibility index (Phi) is 6.43. The molecule has 2 heterocycles. The van der Waals surface area contributed by atoms with Gasteiger partial charge < -0.3 is 9.84 Å². The second kappa shape index (κ2) is 9.13. The number of esters is 1. The molecule has 0 spiro atoms. The molecule has 1 aliphatic heterocycles. The summed E-state index contributed by atoms with van der Waals surface area (Å²) in [5.41, 5.74) is 0.922. The van der Waals surface area contributed by atoms with E-state index < -0.39 is 23.4 Å². The number of thiazole rings is 1. The number of nitrogens with zero attached hydrogens (tertiary/aromatic N) is 2. The molecule has 0 amide bonds. The summed E-state index contributed by atoms with van der Waals surface area (Å²) in [6.07, 6.45) is 1.46. The number of benzene rings is 2. The first kappa shape index (κ1) is 23.2. The summed E-state index contributed by atoms with van der Waals surface area (Å²) < 4.78 is 20.4. The number of fused-ring (bicyclic) bond motifs is 1. The normalized spacial score (nSPS) is 15.9. The topological polar surface area (TPSA) is 80.9 Å². The predicted octanol–water partition coefficient (Wildman–Crippen LogP) is 3.95. The van der Waals surface area contributed by atoms with Crippen LogP contribution in [0.2, 0.25) is 10.0 Å².